The first-order valence-electron chi connectivity index (χ1n) is 8.59. The average molecular weight is 410 g/mol. The van der Waals surface area contributed by atoms with Crippen LogP contribution in [-0.4, -0.2) is 27.6 Å². The van der Waals surface area contributed by atoms with Crippen molar-refractivity contribution in [2.75, 3.05) is 11.9 Å². The Hall–Kier alpha value is -3.79. The molecule has 0 radical (unpaired) electrons. The second-order valence-electron chi connectivity index (χ2n) is 5.91. The molecular formula is C19H14N4O5S. The van der Waals surface area contributed by atoms with E-state index in [2.05, 4.69) is 15.5 Å². The van der Waals surface area contributed by atoms with Crippen LogP contribution in [-0.2, 0) is 0 Å². The van der Waals surface area contributed by atoms with E-state index in [1.54, 1.807) is 36.4 Å². The number of nitro groups is 1. The summed E-state index contributed by atoms with van der Waals surface area (Å²) in [6.07, 6.45) is 0. The summed E-state index contributed by atoms with van der Waals surface area (Å²) in [4.78, 5) is 23.3. The molecule has 29 heavy (non-hydrogen) atoms. The summed E-state index contributed by atoms with van der Waals surface area (Å²) >= 11 is 1.22. The van der Waals surface area contributed by atoms with Crippen molar-refractivity contribution in [1.29, 1.82) is 0 Å². The van der Waals surface area contributed by atoms with Gasteiger partial charge in [-0.15, -0.1) is 16.4 Å². The Morgan fingerprint density at radius 1 is 1.21 bits per heavy atom. The van der Waals surface area contributed by atoms with Gasteiger partial charge in [-0.3, -0.25) is 20.2 Å². The van der Waals surface area contributed by atoms with E-state index in [0.29, 0.717) is 22.4 Å². The Labute approximate surface area is 168 Å². The molecule has 0 saturated heterocycles. The summed E-state index contributed by atoms with van der Waals surface area (Å²) < 4.78 is 11.7. The minimum atomic E-state index is -0.474. The average Bonchev–Trinajstić information content (AvgIpc) is 3.35. The van der Waals surface area contributed by atoms with Crippen molar-refractivity contribution in [2.24, 2.45) is 0 Å². The molecule has 0 saturated carbocycles. The van der Waals surface area contributed by atoms with Gasteiger partial charge in [0.1, 0.15) is 5.75 Å². The highest BCUT2D eigenvalue weighted by Crippen LogP contribution is 2.30. The monoisotopic (exact) mass is 410 g/mol. The van der Waals surface area contributed by atoms with Crippen LogP contribution in [0, 0.1) is 10.1 Å². The highest BCUT2D eigenvalue weighted by molar-refractivity contribution is 7.20. The molecule has 2 aromatic heterocycles. The molecule has 0 fully saturated rings. The highest BCUT2D eigenvalue weighted by atomic mass is 32.1. The van der Waals surface area contributed by atoms with Crippen LogP contribution in [0.1, 0.15) is 16.6 Å². The maximum absolute atomic E-state index is 12.5. The normalized spacial score (nSPS) is 10.8. The highest BCUT2D eigenvalue weighted by Gasteiger charge is 2.16. The quantitative estimate of drug-likeness (QED) is 0.367. The topological polar surface area (TPSA) is 120 Å². The van der Waals surface area contributed by atoms with Gasteiger partial charge in [-0.05, 0) is 43.3 Å². The molecule has 0 spiro atoms. The summed E-state index contributed by atoms with van der Waals surface area (Å²) in [6.45, 7) is 2.47. The molecule has 2 heterocycles. The van der Waals surface area contributed by atoms with Gasteiger partial charge in [0.2, 0.25) is 5.89 Å². The summed E-state index contributed by atoms with van der Waals surface area (Å²) in [5.41, 5.74) is 0.662. The molecule has 4 aromatic rings. The minimum absolute atomic E-state index is 0.0286. The SMILES string of the molecule is CCOc1ccc(-c2nnc(NC(=O)c3cc4cc([N+](=O)[O-])ccc4s3)o2)cc1. The molecule has 10 heteroatoms. The number of non-ortho nitro benzene ring substituents is 1. The number of fused-ring (bicyclic) bond motifs is 1. The Morgan fingerprint density at radius 2 is 2.00 bits per heavy atom. The standard InChI is InChI=1S/C19H14N4O5S/c1-2-27-14-6-3-11(4-7-14)18-21-22-19(28-18)20-17(24)16-10-12-9-13(23(25)26)5-8-15(12)29-16/h3-10H,2H2,1H3,(H,20,22,24). The van der Waals surface area contributed by atoms with Gasteiger partial charge in [-0.1, -0.05) is 5.10 Å². The largest absolute Gasteiger partial charge is 0.494 e. The van der Waals surface area contributed by atoms with Crippen LogP contribution in [0.3, 0.4) is 0 Å². The van der Waals surface area contributed by atoms with Gasteiger partial charge in [0, 0.05) is 27.8 Å². The minimum Gasteiger partial charge on any atom is -0.494 e. The van der Waals surface area contributed by atoms with E-state index in [0.717, 1.165) is 10.4 Å². The van der Waals surface area contributed by atoms with Gasteiger partial charge in [0.15, 0.2) is 0 Å². The zero-order valence-corrected chi connectivity index (χ0v) is 15.9. The number of carbonyl (C=O) groups is 1. The second-order valence-corrected chi connectivity index (χ2v) is 7.00. The fourth-order valence-corrected chi connectivity index (χ4v) is 3.60. The second kappa shape index (κ2) is 7.68. The number of nitrogens with one attached hydrogen (secondary N) is 1. The third-order valence-corrected chi connectivity index (χ3v) is 5.11. The lowest BCUT2D eigenvalue weighted by atomic mass is 10.2. The third kappa shape index (κ3) is 3.92. The first-order valence-corrected chi connectivity index (χ1v) is 9.41. The molecule has 0 atom stereocenters. The van der Waals surface area contributed by atoms with E-state index in [1.807, 2.05) is 6.92 Å². The number of thiophene rings is 1. The van der Waals surface area contributed by atoms with Crippen LogP contribution in [0.2, 0.25) is 0 Å². The first kappa shape index (κ1) is 18.6. The maximum atomic E-state index is 12.5. The Morgan fingerprint density at radius 3 is 2.72 bits per heavy atom. The number of rotatable bonds is 6. The Kier molecular flexibility index (Phi) is 4.92. The number of hydrogen-bond acceptors (Lipinski definition) is 8. The number of anilines is 1. The molecule has 0 aliphatic carbocycles. The fraction of sp³-hybridized carbons (Fsp3) is 0.105. The molecular weight excluding hydrogens is 396 g/mol. The predicted octanol–water partition coefficient (Wildman–Crippen LogP) is 4.51. The van der Waals surface area contributed by atoms with Crippen LogP contribution < -0.4 is 10.1 Å². The molecule has 1 amide bonds. The number of carbonyl (C=O) groups excluding carboxylic acids is 1. The summed E-state index contributed by atoms with van der Waals surface area (Å²) in [5.74, 6) is 0.556. The van der Waals surface area contributed by atoms with Crippen molar-refractivity contribution in [3.63, 3.8) is 0 Å². The van der Waals surface area contributed by atoms with Gasteiger partial charge in [-0.25, -0.2) is 0 Å². The third-order valence-electron chi connectivity index (χ3n) is 3.99. The van der Waals surface area contributed by atoms with E-state index in [4.69, 9.17) is 9.15 Å². The van der Waals surface area contributed by atoms with Gasteiger partial charge in [0.05, 0.1) is 16.4 Å². The van der Waals surface area contributed by atoms with E-state index in [1.165, 1.54) is 23.5 Å². The molecule has 4 rings (SSSR count). The lowest BCUT2D eigenvalue weighted by Crippen LogP contribution is -2.10. The molecule has 146 valence electrons. The number of aromatic nitrogens is 2. The zero-order chi connectivity index (χ0) is 20.4. The van der Waals surface area contributed by atoms with Gasteiger partial charge < -0.3 is 9.15 Å². The van der Waals surface area contributed by atoms with E-state index < -0.39 is 10.8 Å². The maximum Gasteiger partial charge on any atom is 0.322 e. The molecule has 0 aliphatic rings. The van der Waals surface area contributed by atoms with E-state index >= 15 is 0 Å². The number of amides is 1. The van der Waals surface area contributed by atoms with Crippen LogP contribution in [0.5, 0.6) is 5.75 Å². The van der Waals surface area contributed by atoms with E-state index in [9.17, 15) is 14.9 Å². The fourth-order valence-electron chi connectivity index (χ4n) is 2.67. The molecule has 2 aromatic carbocycles. The summed E-state index contributed by atoms with van der Waals surface area (Å²) in [7, 11) is 0. The molecule has 0 unspecified atom stereocenters. The Bertz CT molecular complexity index is 1200. The lowest BCUT2D eigenvalue weighted by Gasteiger charge is -2.02. The number of nitro benzene ring substituents is 1. The number of benzene rings is 2. The van der Waals surface area contributed by atoms with Crippen LogP contribution in [0.4, 0.5) is 11.7 Å². The van der Waals surface area contributed by atoms with Crippen LogP contribution in [0.15, 0.2) is 52.9 Å². The zero-order valence-electron chi connectivity index (χ0n) is 15.1. The van der Waals surface area contributed by atoms with Crippen molar-refractivity contribution < 1.29 is 18.9 Å². The van der Waals surface area contributed by atoms with Crippen molar-refractivity contribution >= 4 is 39.0 Å². The smallest absolute Gasteiger partial charge is 0.322 e. The molecule has 9 nitrogen and oxygen atoms in total. The predicted molar refractivity (Wildman–Crippen MR) is 107 cm³/mol. The van der Waals surface area contributed by atoms with Crippen molar-refractivity contribution in [3.8, 4) is 17.2 Å². The Balaban J connectivity index is 1.50. The van der Waals surface area contributed by atoms with Crippen molar-refractivity contribution in [2.45, 2.75) is 6.92 Å². The van der Waals surface area contributed by atoms with E-state index in [-0.39, 0.29) is 17.6 Å². The van der Waals surface area contributed by atoms with Crippen molar-refractivity contribution in [3.05, 3.63) is 63.5 Å². The number of hydrogen-bond donors (Lipinski definition) is 1. The van der Waals surface area contributed by atoms with Crippen LogP contribution >= 0.6 is 11.3 Å². The lowest BCUT2D eigenvalue weighted by molar-refractivity contribution is -0.384. The first-order chi connectivity index (χ1) is 14.0. The molecule has 1 N–H and O–H groups in total. The summed E-state index contributed by atoms with van der Waals surface area (Å²) in [5, 5.41) is 21.8. The molecule has 0 bridgehead atoms. The number of ether oxygens (including phenoxy) is 1. The van der Waals surface area contributed by atoms with Crippen LogP contribution in [0.25, 0.3) is 21.5 Å². The number of nitrogens with zero attached hydrogens (tertiary/aromatic N) is 3. The summed E-state index contributed by atoms with van der Waals surface area (Å²) in [6, 6.07) is 13.1. The van der Waals surface area contributed by atoms with Gasteiger partial charge >= 0.3 is 6.01 Å². The molecule has 0 aliphatic heterocycles. The van der Waals surface area contributed by atoms with Gasteiger partial charge in [-0.2, -0.15) is 0 Å². The van der Waals surface area contributed by atoms with Crippen molar-refractivity contribution in [1.82, 2.24) is 10.2 Å². The van der Waals surface area contributed by atoms with Gasteiger partial charge in [0.25, 0.3) is 11.6 Å².